The van der Waals surface area contributed by atoms with Gasteiger partial charge in [-0.3, -0.25) is 4.79 Å². The van der Waals surface area contributed by atoms with Gasteiger partial charge in [0.15, 0.2) is 0 Å². The topological polar surface area (TPSA) is 80.9 Å². The van der Waals surface area contributed by atoms with Gasteiger partial charge < -0.3 is 11.1 Å². The summed E-state index contributed by atoms with van der Waals surface area (Å²) in [5.41, 5.74) is 5.65. The molecule has 18 heavy (non-hydrogen) atoms. The molecule has 0 bridgehead atoms. The maximum Gasteiger partial charge on any atom is 0.271 e. The van der Waals surface area contributed by atoms with Crippen LogP contribution >= 0.6 is 22.9 Å². The summed E-state index contributed by atoms with van der Waals surface area (Å²) in [6.45, 7) is 0.529. The first-order valence-corrected chi connectivity index (χ1v) is 6.44. The Morgan fingerprint density at radius 1 is 1.39 bits per heavy atom. The number of nitrogen functional groups attached to an aromatic ring is 1. The fraction of sp³-hybridized carbons (Fsp3) is 0.182. The van der Waals surface area contributed by atoms with Crippen molar-refractivity contribution in [1.82, 2.24) is 15.3 Å². The number of nitrogens with one attached hydrogen (secondary N) is 1. The van der Waals surface area contributed by atoms with Crippen molar-refractivity contribution in [2.75, 3.05) is 12.3 Å². The van der Waals surface area contributed by atoms with Crippen molar-refractivity contribution in [3.8, 4) is 0 Å². The number of nitrogens with zero attached hydrogens (tertiary/aromatic N) is 2. The smallest absolute Gasteiger partial charge is 0.271 e. The predicted octanol–water partition coefficient (Wildman–Crippen LogP) is 1.75. The molecule has 7 heteroatoms. The van der Waals surface area contributed by atoms with Crippen molar-refractivity contribution in [2.24, 2.45) is 0 Å². The van der Waals surface area contributed by atoms with Crippen LogP contribution in [-0.4, -0.2) is 22.4 Å². The van der Waals surface area contributed by atoms with E-state index >= 15 is 0 Å². The van der Waals surface area contributed by atoms with Crippen molar-refractivity contribution >= 4 is 34.7 Å². The SMILES string of the molecule is Nc1cnc(C(=O)NCCc2ccc(Cl)s2)cn1. The standard InChI is InChI=1S/C11H11ClN4OS/c12-9-2-1-7(18-9)3-4-14-11(17)8-5-16-10(13)6-15-8/h1-2,5-6H,3-4H2,(H2,13,16)(H,14,17). The number of carbonyl (C=O) groups is 1. The summed E-state index contributed by atoms with van der Waals surface area (Å²) in [7, 11) is 0. The number of hydrogen-bond donors (Lipinski definition) is 2. The van der Waals surface area contributed by atoms with E-state index < -0.39 is 0 Å². The minimum atomic E-state index is -0.259. The van der Waals surface area contributed by atoms with Crippen molar-refractivity contribution in [2.45, 2.75) is 6.42 Å². The molecule has 0 fully saturated rings. The second-order valence-electron chi connectivity index (χ2n) is 3.54. The van der Waals surface area contributed by atoms with Crippen molar-refractivity contribution < 1.29 is 4.79 Å². The van der Waals surface area contributed by atoms with Crippen LogP contribution < -0.4 is 11.1 Å². The van der Waals surface area contributed by atoms with E-state index in [4.69, 9.17) is 17.3 Å². The number of rotatable bonds is 4. The first-order valence-electron chi connectivity index (χ1n) is 5.25. The van der Waals surface area contributed by atoms with Crippen LogP contribution in [0.25, 0.3) is 0 Å². The quantitative estimate of drug-likeness (QED) is 0.895. The van der Waals surface area contributed by atoms with Gasteiger partial charge in [-0.05, 0) is 18.6 Å². The van der Waals surface area contributed by atoms with E-state index in [-0.39, 0.29) is 11.6 Å². The molecule has 0 saturated carbocycles. The zero-order valence-electron chi connectivity index (χ0n) is 9.39. The third-order valence-electron chi connectivity index (χ3n) is 2.19. The zero-order chi connectivity index (χ0) is 13.0. The third kappa shape index (κ3) is 3.41. The molecule has 5 nitrogen and oxygen atoms in total. The maximum atomic E-state index is 11.7. The minimum Gasteiger partial charge on any atom is -0.382 e. The van der Waals surface area contributed by atoms with Crippen molar-refractivity contribution in [1.29, 1.82) is 0 Å². The normalized spacial score (nSPS) is 10.3. The van der Waals surface area contributed by atoms with Crippen LogP contribution in [0.2, 0.25) is 4.34 Å². The Bertz CT molecular complexity index is 540. The Hall–Kier alpha value is -1.66. The lowest BCUT2D eigenvalue weighted by atomic mass is 10.3. The summed E-state index contributed by atoms with van der Waals surface area (Å²) in [4.78, 5) is 20.5. The van der Waals surface area contributed by atoms with Crippen LogP contribution in [0.5, 0.6) is 0 Å². The molecule has 0 radical (unpaired) electrons. The monoisotopic (exact) mass is 282 g/mol. The zero-order valence-corrected chi connectivity index (χ0v) is 11.0. The summed E-state index contributed by atoms with van der Waals surface area (Å²) in [6.07, 6.45) is 3.45. The lowest BCUT2D eigenvalue weighted by Gasteiger charge is -2.03. The minimum absolute atomic E-state index is 0.258. The van der Waals surface area contributed by atoms with Crippen molar-refractivity contribution in [3.05, 3.63) is 39.4 Å². The molecule has 0 spiro atoms. The van der Waals surface area contributed by atoms with E-state index in [1.165, 1.54) is 23.7 Å². The number of halogens is 1. The van der Waals surface area contributed by atoms with Crippen LogP contribution in [0.15, 0.2) is 24.5 Å². The summed E-state index contributed by atoms with van der Waals surface area (Å²) < 4.78 is 0.751. The number of anilines is 1. The molecule has 3 N–H and O–H groups in total. The number of nitrogens with two attached hydrogens (primary N) is 1. The molecule has 0 unspecified atom stereocenters. The Morgan fingerprint density at radius 3 is 2.83 bits per heavy atom. The van der Waals surface area contributed by atoms with E-state index in [1.54, 1.807) is 0 Å². The number of thiophene rings is 1. The van der Waals surface area contributed by atoms with Gasteiger partial charge in [0, 0.05) is 11.4 Å². The Balaban J connectivity index is 1.83. The fourth-order valence-corrected chi connectivity index (χ4v) is 2.42. The third-order valence-corrected chi connectivity index (χ3v) is 3.48. The van der Waals surface area contributed by atoms with Gasteiger partial charge in [0.2, 0.25) is 0 Å². The first-order chi connectivity index (χ1) is 8.65. The fourth-order valence-electron chi connectivity index (χ4n) is 1.33. The average molecular weight is 283 g/mol. The summed E-state index contributed by atoms with van der Waals surface area (Å²) >= 11 is 7.32. The molecule has 2 heterocycles. The number of hydrogen-bond acceptors (Lipinski definition) is 5. The molecule has 0 aliphatic rings. The van der Waals surface area contributed by atoms with E-state index in [0.717, 1.165) is 15.6 Å². The van der Waals surface area contributed by atoms with Crippen LogP contribution in [0, 0.1) is 0 Å². The molecule has 0 aromatic carbocycles. The van der Waals surface area contributed by atoms with Crippen LogP contribution in [0.1, 0.15) is 15.4 Å². The molecule has 94 valence electrons. The Kier molecular flexibility index (Phi) is 4.11. The van der Waals surface area contributed by atoms with E-state index in [0.29, 0.717) is 12.4 Å². The molecular weight excluding hydrogens is 272 g/mol. The molecule has 0 aliphatic heterocycles. The van der Waals surface area contributed by atoms with Gasteiger partial charge in [0.1, 0.15) is 11.5 Å². The highest BCUT2D eigenvalue weighted by atomic mass is 35.5. The van der Waals surface area contributed by atoms with Gasteiger partial charge in [-0.1, -0.05) is 11.6 Å². The number of carbonyl (C=O) groups excluding carboxylic acids is 1. The van der Waals surface area contributed by atoms with E-state index in [9.17, 15) is 4.79 Å². The molecule has 0 atom stereocenters. The first kappa shape index (κ1) is 12.8. The van der Waals surface area contributed by atoms with E-state index in [1.807, 2.05) is 12.1 Å². The summed E-state index contributed by atoms with van der Waals surface area (Å²) in [5, 5.41) is 2.76. The average Bonchev–Trinajstić information content (AvgIpc) is 2.76. The van der Waals surface area contributed by atoms with Gasteiger partial charge in [0.05, 0.1) is 16.7 Å². The molecule has 1 amide bonds. The van der Waals surface area contributed by atoms with Gasteiger partial charge in [-0.25, -0.2) is 9.97 Å². The molecule has 0 saturated heterocycles. The molecule has 2 aromatic heterocycles. The second kappa shape index (κ2) is 5.79. The van der Waals surface area contributed by atoms with Crippen LogP contribution in [0.3, 0.4) is 0 Å². The van der Waals surface area contributed by atoms with Crippen LogP contribution in [0.4, 0.5) is 5.82 Å². The predicted molar refractivity (Wildman–Crippen MR) is 71.8 cm³/mol. The van der Waals surface area contributed by atoms with Gasteiger partial charge >= 0.3 is 0 Å². The summed E-state index contributed by atoms with van der Waals surface area (Å²) in [5.74, 6) is 0.0323. The molecule has 2 aromatic rings. The van der Waals surface area contributed by atoms with E-state index in [2.05, 4.69) is 15.3 Å². The molecule has 0 aliphatic carbocycles. The van der Waals surface area contributed by atoms with Crippen LogP contribution in [-0.2, 0) is 6.42 Å². The number of aromatic nitrogens is 2. The lowest BCUT2D eigenvalue weighted by molar-refractivity contribution is 0.0949. The van der Waals surface area contributed by atoms with Gasteiger partial charge in [0.25, 0.3) is 5.91 Å². The largest absolute Gasteiger partial charge is 0.382 e. The highest BCUT2D eigenvalue weighted by Gasteiger charge is 2.07. The van der Waals surface area contributed by atoms with Gasteiger partial charge in [-0.2, -0.15) is 0 Å². The summed E-state index contributed by atoms with van der Waals surface area (Å²) in [6, 6.07) is 3.79. The Labute approximate surface area is 113 Å². The van der Waals surface area contributed by atoms with Gasteiger partial charge in [-0.15, -0.1) is 11.3 Å². The second-order valence-corrected chi connectivity index (χ2v) is 5.34. The number of amides is 1. The highest BCUT2D eigenvalue weighted by molar-refractivity contribution is 7.16. The Morgan fingerprint density at radius 2 is 2.22 bits per heavy atom. The molecular formula is C11H11ClN4OS. The maximum absolute atomic E-state index is 11.7. The molecule has 2 rings (SSSR count). The highest BCUT2D eigenvalue weighted by Crippen LogP contribution is 2.21. The lowest BCUT2D eigenvalue weighted by Crippen LogP contribution is -2.26. The van der Waals surface area contributed by atoms with Crippen molar-refractivity contribution in [3.63, 3.8) is 0 Å².